The minimum absolute atomic E-state index is 0.0971. The summed E-state index contributed by atoms with van der Waals surface area (Å²) >= 11 is 0. The fourth-order valence-electron chi connectivity index (χ4n) is 4.59. The van der Waals surface area contributed by atoms with Crippen molar-refractivity contribution in [3.8, 4) is 22.9 Å². The van der Waals surface area contributed by atoms with Crippen LogP contribution in [0.2, 0.25) is 0 Å². The summed E-state index contributed by atoms with van der Waals surface area (Å²) in [5, 5.41) is 9.15. The molecule has 0 aliphatic carbocycles. The summed E-state index contributed by atoms with van der Waals surface area (Å²) in [6.07, 6.45) is 2.75. The number of aliphatic carboxylic acids is 1. The third kappa shape index (κ3) is 5.18. The van der Waals surface area contributed by atoms with Crippen molar-refractivity contribution in [1.82, 2.24) is 14.5 Å². The van der Waals surface area contributed by atoms with Gasteiger partial charge in [0.1, 0.15) is 23.4 Å². The highest BCUT2D eigenvalue weighted by atomic mass is 16.6. The molecule has 1 aliphatic rings. The molecule has 3 aromatic carbocycles. The highest BCUT2D eigenvalue weighted by molar-refractivity contribution is 5.72. The molecule has 0 saturated carbocycles. The quantitative estimate of drug-likeness (QED) is 0.341. The van der Waals surface area contributed by atoms with Crippen molar-refractivity contribution in [3.05, 3.63) is 102 Å². The van der Waals surface area contributed by atoms with Gasteiger partial charge in [0, 0.05) is 30.6 Å². The molecule has 1 N–H and O–H groups in total. The Morgan fingerprint density at radius 3 is 2.62 bits per heavy atom. The van der Waals surface area contributed by atoms with Crippen molar-refractivity contribution in [1.29, 1.82) is 0 Å². The van der Waals surface area contributed by atoms with Crippen molar-refractivity contribution in [2.24, 2.45) is 7.05 Å². The monoisotopic (exact) mass is 497 g/mol. The molecule has 0 spiro atoms. The van der Waals surface area contributed by atoms with Crippen LogP contribution < -0.4 is 4.74 Å². The number of aryl methyl sites for hydroxylation is 1. The van der Waals surface area contributed by atoms with Crippen LogP contribution in [0.4, 0.5) is 4.79 Å². The van der Waals surface area contributed by atoms with Crippen LogP contribution in [-0.4, -0.2) is 37.7 Å². The van der Waals surface area contributed by atoms with Gasteiger partial charge in [-0.05, 0) is 48.4 Å². The summed E-state index contributed by atoms with van der Waals surface area (Å²) < 4.78 is 13.9. The van der Waals surface area contributed by atoms with Crippen molar-refractivity contribution in [2.45, 2.75) is 32.0 Å². The van der Waals surface area contributed by atoms with Gasteiger partial charge in [0.15, 0.2) is 0 Å². The van der Waals surface area contributed by atoms with Gasteiger partial charge in [-0.1, -0.05) is 42.5 Å². The molecule has 0 radical (unpaired) electrons. The Bertz CT molecular complexity index is 1430. The lowest BCUT2D eigenvalue weighted by Gasteiger charge is -2.23. The Kier molecular flexibility index (Phi) is 6.64. The molecular formula is C29H27N3O5. The van der Waals surface area contributed by atoms with Crippen molar-refractivity contribution >= 4 is 12.1 Å². The SMILES string of the molecule is CC1C(c2ccccc2)OC(=O)N1Cc1cc(-c2nccn2C)ccc1Oc1cccc(CC(=O)O)c1. The van der Waals surface area contributed by atoms with Crippen LogP contribution in [0.15, 0.2) is 85.2 Å². The molecule has 0 bridgehead atoms. The normalized spacial score (nSPS) is 17.0. The van der Waals surface area contributed by atoms with E-state index in [1.165, 1.54) is 0 Å². The number of amides is 1. The molecule has 1 fully saturated rings. The number of nitrogens with zero attached hydrogens (tertiary/aromatic N) is 3. The molecule has 4 aromatic rings. The van der Waals surface area contributed by atoms with E-state index in [0.717, 1.165) is 22.5 Å². The largest absolute Gasteiger partial charge is 0.481 e. The summed E-state index contributed by atoms with van der Waals surface area (Å²) in [5.74, 6) is 0.958. The average Bonchev–Trinajstić information content (AvgIpc) is 3.43. The summed E-state index contributed by atoms with van der Waals surface area (Å²) in [5.41, 5.74) is 3.24. The van der Waals surface area contributed by atoms with E-state index in [2.05, 4.69) is 4.98 Å². The topological polar surface area (TPSA) is 93.9 Å². The molecule has 2 atom stereocenters. The minimum Gasteiger partial charge on any atom is -0.481 e. The van der Waals surface area contributed by atoms with E-state index < -0.39 is 12.1 Å². The van der Waals surface area contributed by atoms with E-state index in [-0.39, 0.29) is 25.1 Å². The second kappa shape index (κ2) is 10.2. The van der Waals surface area contributed by atoms with E-state index in [9.17, 15) is 9.59 Å². The summed E-state index contributed by atoms with van der Waals surface area (Å²) in [4.78, 5) is 30.3. The van der Waals surface area contributed by atoms with E-state index in [4.69, 9.17) is 14.6 Å². The lowest BCUT2D eigenvalue weighted by molar-refractivity contribution is -0.136. The van der Waals surface area contributed by atoms with Gasteiger partial charge >= 0.3 is 12.1 Å². The molecule has 5 rings (SSSR count). The highest BCUT2D eigenvalue weighted by Gasteiger charge is 2.40. The molecular weight excluding hydrogens is 470 g/mol. The molecule has 37 heavy (non-hydrogen) atoms. The smallest absolute Gasteiger partial charge is 0.411 e. The summed E-state index contributed by atoms with van der Waals surface area (Å²) in [7, 11) is 1.92. The van der Waals surface area contributed by atoms with Gasteiger partial charge in [-0.2, -0.15) is 0 Å². The molecule has 1 aromatic heterocycles. The number of benzene rings is 3. The predicted molar refractivity (Wildman–Crippen MR) is 137 cm³/mol. The molecule has 1 amide bonds. The number of carboxylic acid groups (broad SMARTS) is 1. The number of hydrogen-bond donors (Lipinski definition) is 1. The number of carboxylic acids is 1. The van der Waals surface area contributed by atoms with E-state index >= 15 is 0 Å². The van der Waals surface area contributed by atoms with E-state index in [0.29, 0.717) is 17.1 Å². The standard InChI is InChI=1S/C29H27N3O5/c1-19-27(21-8-4-3-5-9-21)37-29(35)32(19)18-23-17-22(28-30-13-14-31(28)2)11-12-25(23)36-24-10-6-7-20(15-24)16-26(33)34/h3-15,17,19,27H,16,18H2,1-2H3,(H,33,34). The minimum atomic E-state index is -0.910. The maximum Gasteiger partial charge on any atom is 0.411 e. The predicted octanol–water partition coefficient (Wildman–Crippen LogP) is 5.59. The van der Waals surface area contributed by atoms with E-state index in [1.807, 2.05) is 73.3 Å². The zero-order valence-corrected chi connectivity index (χ0v) is 20.6. The second-order valence-electron chi connectivity index (χ2n) is 9.09. The van der Waals surface area contributed by atoms with Gasteiger partial charge in [0.05, 0.1) is 19.0 Å². The van der Waals surface area contributed by atoms with Gasteiger partial charge < -0.3 is 19.1 Å². The maximum atomic E-state index is 12.9. The fraction of sp³-hybridized carbons (Fsp3) is 0.207. The highest BCUT2D eigenvalue weighted by Crippen LogP contribution is 2.36. The van der Waals surface area contributed by atoms with Crippen LogP contribution in [0.25, 0.3) is 11.4 Å². The first-order chi connectivity index (χ1) is 17.9. The summed E-state index contributed by atoms with van der Waals surface area (Å²) in [6.45, 7) is 2.24. The molecule has 188 valence electrons. The molecule has 8 heteroatoms. The van der Waals surface area contributed by atoms with Crippen molar-refractivity contribution < 1.29 is 24.2 Å². The Morgan fingerprint density at radius 2 is 1.89 bits per heavy atom. The maximum absolute atomic E-state index is 12.9. The number of aromatic nitrogens is 2. The molecule has 1 saturated heterocycles. The summed E-state index contributed by atoms with van der Waals surface area (Å²) in [6, 6.07) is 22.2. The molecule has 8 nitrogen and oxygen atoms in total. The van der Waals surface area contributed by atoms with Crippen LogP contribution in [-0.2, 0) is 29.5 Å². The third-order valence-corrected chi connectivity index (χ3v) is 6.48. The number of imidazole rings is 1. The molecule has 1 aliphatic heterocycles. The first-order valence-electron chi connectivity index (χ1n) is 12.0. The number of rotatable bonds is 8. The first-order valence-corrected chi connectivity index (χ1v) is 12.0. The number of hydrogen-bond acceptors (Lipinski definition) is 5. The number of ether oxygens (including phenoxy) is 2. The van der Waals surface area contributed by atoms with Gasteiger partial charge in [-0.3, -0.25) is 9.69 Å². The Morgan fingerprint density at radius 1 is 1.08 bits per heavy atom. The van der Waals surface area contributed by atoms with Crippen LogP contribution in [0.5, 0.6) is 11.5 Å². The number of cyclic esters (lactones) is 1. The van der Waals surface area contributed by atoms with Crippen molar-refractivity contribution in [2.75, 3.05) is 0 Å². The van der Waals surface area contributed by atoms with Gasteiger partial charge in [0.2, 0.25) is 0 Å². The van der Waals surface area contributed by atoms with Crippen molar-refractivity contribution in [3.63, 3.8) is 0 Å². The van der Waals surface area contributed by atoms with Gasteiger partial charge in [-0.25, -0.2) is 9.78 Å². The zero-order chi connectivity index (χ0) is 25.9. The van der Waals surface area contributed by atoms with Crippen LogP contribution in [0.3, 0.4) is 0 Å². The Labute approximate surface area is 214 Å². The molecule has 2 heterocycles. The zero-order valence-electron chi connectivity index (χ0n) is 20.6. The number of carbonyl (C=O) groups excluding carboxylic acids is 1. The lowest BCUT2D eigenvalue weighted by atomic mass is 10.0. The lowest BCUT2D eigenvalue weighted by Crippen LogP contribution is -2.31. The number of carbonyl (C=O) groups is 2. The Balaban J connectivity index is 1.47. The second-order valence-corrected chi connectivity index (χ2v) is 9.09. The van der Waals surface area contributed by atoms with Gasteiger partial charge in [-0.15, -0.1) is 0 Å². The third-order valence-electron chi connectivity index (χ3n) is 6.48. The van der Waals surface area contributed by atoms with E-state index in [1.54, 1.807) is 35.4 Å². The average molecular weight is 498 g/mol. The molecule has 2 unspecified atom stereocenters. The fourth-order valence-corrected chi connectivity index (χ4v) is 4.59. The van der Waals surface area contributed by atoms with Gasteiger partial charge in [0.25, 0.3) is 0 Å². The van der Waals surface area contributed by atoms with Crippen LogP contribution in [0.1, 0.15) is 29.7 Å². The first kappa shape index (κ1) is 24.1. The van der Waals surface area contributed by atoms with Crippen LogP contribution in [0, 0.1) is 0 Å². The Hall–Kier alpha value is -4.59. The van der Waals surface area contributed by atoms with Crippen LogP contribution >= 0.6 is 0 Å².